The maximum absolute atomic E-state index is 6.17. The van der Waals surface area contributed by atoms with E-state index in [0.29, 0.717) is 0 Å². The van der Waals surface area contributed by atoms with Gasteiger partial charge in [0.2, 0.25) is 0 Å². The number of fused-ring (bicyclic) bond motifs is 1. The van der Waals surface area contributed by atoms with Crippen molar-refractivity contribution in [1.29, 1.82) is 0 Å². The highest BCUT2D eigenvalue weighted by molar-refractivity contribution is 8.00. The second-order valence-corrected chi connectivity index (χ2v) is 7.56. The smallest absolute Gasteiger partial charge is 0.153 e. The zero-order valence-electron chi connectivity index (χ0n) is 11.2. The Labute approximate surface area is 113 Å². The van der Waals surface area contributed by atoms with Crippen LogP contribution in [0, 0.1) is 0 Å². The first-order valence-electron chi connectivity index (χ1n) is 6.78. The summed E-state index contributed by atoms with van der Waals surface area (Å²) >= 11 is 1.81. The monoisotopic (exact) mass is 263 g/mol. The largest absolute Gasteiger partial charge is 0.475 e. The van der Waals surface area contributed by atoms with Gasteiger partial charge in [0.1, 0.15) is 5.75 Å². The maximum Gasteiger partial charge on any atom is 0.153 e. The molecular weight excluding hydrogens is 242 g/mol. The number of thioether (sulfide) groups is 1. The van der Waals surface area contributed by atoms with Crippen molar-refractivity contribution in [2.45, 2.75) is 54.8 Å². The van der Waals surface area contributed by atoms with E-state index in [9.17, 15) is 0 Å². The fraction of sp³-hybridized carbons (Fsp3) is 0.600. The fourth-order valence-electron chi connectivity index (χ4n) is 3.29. The van der Waals surface area contributed by atoms with E-state index >= 15 is 0 Å². The molecule has 3 heteroatoms. The molecule has 0 amide bonds. The Morgan fingerprint density at radius 1 is 1.28 bits per heavy atom. The van der Waals surface area contributed by atoms with Crippen molar-refractivity contribution in [3.05, 3.63) is 23.8 Å². The molecule has 3 rings (SSSR count). The van der Waals surface area contributed by atoms with Gasteiger partial charge in [-0.15, -0.1) is 0 Å². The Hall–Kier alpha value is -0.670. The molecule has 0 radical (unpaired) electrons. The molecule has 1 fully saturated rings. The SMILES string of the molecule is CC1(C)Oc2c(cccc2C2(CN)CCCC2)S1. The number of ether oxygens (including phenoxy) is 1. The zero-order chi connectivity index (χ0) is 12.8. The van der Waals surface area contributed by atoms with Crippen molar-refractivity contribution in [2.24, 2.45) is 5.73 Å². The van der Waals surface area contributed by atoms with Crippen LogP contribution in [0.2, 0.25) is 0 Å². The molecular formula is C15H21NOS. The van der Waals surface area contributed by atoms with Crippen molar-refractivity contribution >= 4 is 11.8 Å². The minimum absolute atomic E-state index is 0.146. The zero-order valence-corrected chi connectivity index (χ0v) is 12.0. The van der Waals surface area contributed by atoms with Crippen LogP contribution in [0.15, 0.2) is 23.1 Å². The van der Waals surface area contributed by atoms with Crippen molar-refractivity contribution in [1.82, 2.24) is 0 Å². The van der Waals surface area contributed by atoms with Crippen LogP contribution in [0.1, 0.15) is 45.1 Å². The highest BCUT2D eigenvalue weighted by Crippen LogP contribution is 2.53. The van der Waals surface area contributed by atoms with Crippen molar-refractivity contribution in [2.75, 3.05) is 6.54 Å². The first-order chi connectivity index (χ1) is 8.56. The molecule has 0 atom stereocenters. The summed E-state index contributed by atoms with van der Waals surface area (Å²) in [6, 6.07) is 6.54. The predicted molar refractivity (Wildman–Crippen MR) is 76.2 cm³/mol. The summed E-state index contributed by atoms with van der Waals surface area (Å²) in [5.74, 6) is 1.10. The lowest BCUT2D eigenvalue weighted by molar-refractivity contribution is 0.208. The molecule has 1 heterocycles. The normalized spacial score (nSPS) is 23.7. The topological polar surface area (TPSA) is 35.2 Å². The lowest BCUT2D eigenvalue weighted by Gasteiger charge is -2.30. The molecule has 0 unspecified atom stereocenters. The Bertz CT molecular complexity index is 464. The van der Waals surface area contributed by atoms with Crippen molar-refractivity contribution in [3.8, 4) is 5.75 Å². The quantitative estimate of drug-likeness (QED) is 0.884. The molecule has 2 N–H and O–H groups in total. The van der Waals surface area contributed by atoms with E-state index in [1.807, 2.05) is 11.8 Å². The lowest BCUT2D eigenvalue weighted by Crippen LogP contribution is -2.32. The number of para-hydroxylation sites is 1. The third-order valence-electron chi connectivity index (χ3n) is 4.21. The average Bonchev–Trinajstić information content (AvgIpc) is 2.90. The average molecular weight is 263 g/mol. The summed E-state index contributed by atoms with van der Waals surface area (Å²) in [6.45, 7) is 4.99. The molecule has 98 valence electrons. The molecule has 1 aromatic carbocycles. The Morgan fingerprint density at radius 3 is 2.67 bits per heavy atom. The summed E-state index contributed by atoms with van der Waals surface area (Å²) in [4.78, 5) is 1.13. The summed E-state index contributed by atoms with van der Waals surface area (Å²) in [7, 11) is 0. The van der Waals surface area contributed by atoms with Crippen LogP contribution in [-0.2, 0) is 5.41 Å². The summed E-state index contributed by atoms with van der Waals surface area (Å²) in [6.07, 6.45) is 4.98. The van der Waals surface area contributed by atoms with Gasteiger partial charge in [-0.2, -0.15) is 0 Å². The van der Waals surface area contributed by atoms with Crippen LogP contribution in [0.5, 0.6) is 5.75 Å². The van der Waals surface area contributed by atoms with Crippen LogP contribution >= 0.6 is 11.8 Å². The maximum atomic E-state index is 6.17. The third-order valence-corrected chi connectivity index (χ3v) is 5.32. The van der Waals surface area contributed by atoms with E-state index in [-0.39, 0.29) is 10.3 Å². The van der Waals surface area contributed by atoms with Gasteiger partial charge in [-0.3, -0.25) is 0 Å². The number of benzene rings is 1. The molecule has 1 saturated carbocycles. The van der Waals surface area contributed by atoms with E-state index in [2.05, 4.69) is 32.0 Å². The van der Waals surface area contributed by atoms with Crippen LogP contribution in [0.3, 0.4) is 0 Å². The van der Waals surface area contributed by atoms with Gasteiger partial charge < -0.3 is 10.5 Å². The predicted octanol–water partition coefficient (Wildman–Crippen LogP) is 3.68. The molecule has 0 spiro atoms. The van der Waals surface area contributed by atoms with Gasteiger partial charge in [0.05, 0.1) is 4.90 Å². The number of hydrogen-bond acceptors (Lipinski definition) is 3. The van der Waals surface area contributed by atoms with Crippen LogP contribution in [-0.4, -0.2) is 11.5 Å². The van der Waals surface area contributed by atoms with Crippen LogP contribution in [0.25, 0.3) is 0 Å². The summed E-state index contributed by atoms with van der Waals surface area (Å²) in [5, 5.41) is 0. The highest BCUT2D eigenvalue weighted by atomic mass is 32.2. The first kappa shape index (κ1) is 12.4. The molecule has 18 heavy (non-hydrogen) atoms. The minimum Gasteiger partial charge on any atom is -0.475 e. The van der Waals surface area contributed by atoms with E-state index in [0.717, 1.165) is 12.3 Å². The molecule has 2 aliphatic rings. The molecule has 2 nitrogen and oxygen atoms in total. The van der Waals surface area contributed by atoms with Crippen LogP contribution in [0.4, 0.5) is 0 Å². The molecule has 0 bridgehead atoms. The van der Waals surface area contributed by atoms with Gasteiger partial charge in [-0.05, 0) is 32.8 Å². The molecule has 1 aliphatic carbocycles. The van der Waals surface area contributed by atoms with E-state index in [1.54, 1.807) is 0 Å². The van der Waals surface area contributed by atoms with Crippen molar-refractivity contribution < 1.29 is 4.74 Å². The van der Waals surface area contributed by atoms with E-state index in [1.165, 1.54) is 36.1 Å². The van der Waals surface area contributed by atoms with Crippen molar-refractivity contribution in [3.63, 3.8) is 0 Å². The Kier molecular flexibility index (Phi) is 2.87. The van der Waals surface area contributed by atoms with Gasteiger partial charge in [-0.1, -0.05) is 36.7 Å². The molecule has 0 saturated heterocycles. The van der Waals surface area contributed by atoms with Gasteiger partial charge in [0, 0.05) is 17.5 Å². The second kappa shape index (κ2) is 4.17. The molecule has 1 aliphatic heterocycles. The Morgan fingerprint density at radius 2 is 2.00 bits per heavy atom. The minimum atomic E-state index is -0.146. The third kappa shape index (κ3) is 1.84. The number of hydrogen-bond donors (Lipinski definition) is 1. The molecule has 0 aromatic heterocycles. The highest BCUT2D eigenvalue weighted by Gasteiger charge is 2.41. The van der Waals surface area contributed by atoms with Gasteiger partial charge in [0.15, 0.2) is 4.93 Å². The molecule has 1 aromatic rings. The summed E-state index contributed by atoms with van der Waals surface area (Å²) in [5.41, 5.74) is 7.60. The standard InChI is InChI=1S/C15H21NOS/c1-14(2)17-13-11(6-5-7-12(13)18-14)15(10-16)8-3-4-9-15/h5-7H,3-4,8-10,16H2,1-2H3. The summed E-state index contributed by atoms with van der Waals surface area (Å²) < 4.78 is 6.17. The number of nitrogens with two attached hydrogens (primary N) is 1. The van der Waals surface area contributed by atoms with Gasteiger partial charge in [-0.25, -0.2) is 0 Å². The van der Waals surface area contributed by atoms with E-state index < -0.39 is 0 Å². The van der Waals surface area contributed by atoms with Gasteiger partial charge >= 0.3 is 0 Å². The fourth-order valence-corrected chi connectivity index (χ4v) is 4.33. The first-order valence-corrected chi connectivity index (χ1v) is 7.60. The van der Waals surface area contributed by atoms with Crippen LogP contribution < -0.4 is 10.5 Å². The van der Waals surface area contributed by atoms with Gasteiger partial charge in [0.25, 0.3) is 0 Å². The number of rotatable bonds is 2. The van der Waals surface area contributed by atoms with E-state index in [4.69, 9.17) is 10.5 Å². The second-order valence-electron chi connectivity index (χ2n) is 5.93. The lowest BCUT2D eigenvalue weighted by atomic mass is 9.78. The Balaban J connectivity index is 2.07.